The highest BCUT2D eigenvalue weighted by atomic mass is 28.3. The molecule has 2 aromatic rings. The largest absolute Gasteiger partial charge is 0.129 e. The second-order valence-electron chi connectivity index (χ2n) is 10.2. The van der Waals surface area contributed by atoms with Crippen LogP contribution in [-0.2, 0) is 5.41 Å². The van der Waals surface area contributed by atoms with Crippen molar-refractivity contribution in [3.8, 4) is 22.9 Å². The predicted molar refractivity (Wildman–Crippen MR) is 123 cm³/mol. The molecule has 0 radical (unpaired) electrons. The summed E-state index contributed by atoms with van der Waals surface area (Å²) in [5.74, 6) is 6.84. The monoisotopic (exact) mass is 376 g/mol. The standard InChI is InChI=1S/C24H32Si2/c1-24(2,3)23-18-20(13-15-26(7,8)9)16-21-11-10-19(17-22(21)23)12-14-25(4,5)6/h10-11,16-18H,1-9H3. The van der Waals surface area contributed by atoms with Gasteiger partial charge in [-0.05, 0) is 46.0 Å². The van der Waals surface area contributed by atoms with Crippen LogP contribution < -0.4 is 0 Å². The summed E-state index contributed by atoms with van der Waals surface area (Å²) in [5, 5.41) is 2.56. The number of hydrogen-bond acceptors (Lipinski definition) is 0. The van der Waals surface area contributed by atoms with Crippen molar-refractivity contribution in [2.24, 2.45) is 0 Å². The van der Waals surface area contributed by atoms with Crippen LogP contribution in [0.25, 0.3) is 10.8 Å². The lowest BCUT2D eigenvalue weighted by Crippen LogP contribution is -2.16. The minimum atomic E-state index is -1.38. The summed E-state index contributed by atoms with van der Waals surface area (Å²) in [6.45, 7) is 20.5. The van der Waals surface area contributed by atoms with E-state index in [0.717, 1.165) is 11.1 Å². The molecular formula is C24H32Si2. The summed E-state index contributed by atoms with van der Waals surface area (Å²) in [4.78, 5) is 0. The Labute approximate surface area is 162 Å². The molecule has 26 heavy (non-hydrogen) atoms. The van der Waals surface area contributed by atoms with E-state index in [2.05, 4.69) is 113 Å². The summed E-state index contributed by atoms with van der Waals surface area (Å²) in [6.07, 6.45) is 0. The molecule has 0 spiro atoms. The Morgan fingerprint density at radius 2 is 1.23 bits per heavy atom. The normalized spacial score (nSPS) is 12.2. The summed E-state index contributed by atoms with van der Waals surface area (Å²) in [5.41, 5.74) is 10.7. The highest BCUT2D eigenvalue weighted by molar-refractivity contribution is 6.84. The second-order valence-corrected chi connectivity index (χ2v) is 19.7. The van der Waals surface area contributed by atoms with Crippen LogP contribution in [0.1, 0.15) is 37.5 Å². The Bertz CT molecular complexity index is 938. The molecule has 0 bridgehead atoms. The molecule has 0 aliphatic rings. The molecule has 0 saturated heterocycles. The highest BCUT2D eigenvalue weighted by Crippen LogP contribution is 2.32. The third kappa shape index (κ3) is 5.91. The lowest BCUT2D eigenvalue weighted by Gasteiger charge is -2.22. The second kappa shape index (κ2) is 7.11. The van der Waals surface area contributed by atoms with Gasteiger partial charge in [-0.1, -0.05) is 78.0 Å². The van der Waals surface area contributed by atoms with E-state index in [1.54, 1.807) is 0 Å². The van der Waals surface area contributed by atoms with Crippen LogP contribution >= 0.6 is 0 Å². The zero-order chi connectivity index (χ0) is 19.8. The van der Waals surface area contributed by atoms with Gasteiger partial charge in [0.25, 0.3) is 0 Å². The number of hydrogen-bond donors (Lipinski definition) is 0. The lowest BCUT2D eigenvalue weighted by molar-refractivity contribution is 0.596. The fraction of sp³-hybridized carbons (Fsp3) is 0.417. The van der Waals surface area contributed by atoms with Crippen LogP contribution in [0, 0.1) is 22.9 Å². The predicted octanol–water partition coefficient (Wildman–Crippen LogP) is 6.60. The molecule has 0 aromatic heterocycles. The van der Waals surface area contributed by atoms with Crippen molar-refractivity contribution >= 4 is 26.9 Å². The molecule has 2 aromatic carbocycles. The van der Waals surface area contributed by atoms with E-state index in [-0.39, 0.29) is 5.41 Å². The zero-order valence-corrected chi connectivity index (χ0v) is 19.9. The van der Waals surface area contributed by atoms with Gasteiger partial charge in [0.2, 0.25) is 0 Å². The summed E-state index contributed by atoms with van der Waals surface area (Å²) in [7, 11) is -2.75. The molecule has 0 heterocycles. The zero-order valence-electron chi connectivity index (χ0n) is 17.9. The van der Waals surface area contributed by atoms with Gasteiger partial charge in [-0.15, -0.1) is 11.1 Å². The topological polar surface area (TPSA) is 0 Å². The van der Waals surface area contributed by atoms with E-state index in [4.69, 9.17) is 0 Å². The third-order valence-electron chi connectivity index (χ3n) is 3.93. The van der Waals surface area contributed by atoms with Gasteiger partial charge in [0.05, 0.1) is 0 Å². The average molecular weight is 377 g/mol. The maximum atomic E-state index is 3.50. The molecule has 0 nitrogen and oxygen atoms in total. The Hall–Kier alpha value is -1.75. The quantitative estimate of drug-likeness (QED) is 0.359. The van der Waals surface area contributed by atoms with Crippen LogP contribution in [0.5, 0.6) is 0 Å². The Morgan fingerprint density at radius 1 is 0.692 bits per heavy atom. The van der Waals surface area contributed by atoms with E-state index < -0.39 is 16.1 Å². The van der Waals surface area contributed by atoms with Gasteiger partial charge >= 0.3 is 0 Å². The lowest BCUT2D eigenvalue weighted by atomic mass is 9.82. The van der Waals surface area contributed by atoms with Crippen molar-refractivity contribution in [1.29, 1.82) is 0 Å². The molecule has 0 aliphatic heterocycles. The molecule has 0 saturated carbocycles. The van der Waals surface area contributed by atoms with Crippen LogP contribution in [0.3, 0.4) is 0 Å². The van der Waals surface area contributed by atoms with Gasteiger partial charge < -0.3 is 0 Å². The van der Waals surface area contributed by atoms with Gasteiger partial charge in [-0.3, -0.25) is 0 Å². The number of rotatable bonds is 0. The van der Waals surface area contributed by atoms with Gasteiger partial charge in [0.15, 0.2) is 0 Å². The van der Waals surface area contributed by atoms with Gasteiger partial charge in [-0.2, -0.15) is 0 Å². The first kappa shape index (κ1) is 20.6. The first-order chi connectivity index (χ1) is 11.7. The van der Waals surface area contributed by atoms with Crippen LogP contribution in [0.15, 0.2) is 30.3 Å². The molecule has 0 atom stereocenters. The van der Waals surface area contributed by atoms with Gasteiger partial charge in [0.1, 0.15) is 16.1 Å². The van der Waals surface area contributed by atoms with Gasteiger partial charge in [-0.25, -0.2) is 0 Å². The smallest absolute Gasteiger partial charge is 0.127 e. The molecule has 0 N–H and O–H groups in total. The van der Waals surface area contributed by atoms with Crippen LogP contribution in [0.2, 0.25) is 39.3 Å². The molecule has 0 aliphatic carbocycles. The molecule has 0 amide bonds. The molecule has 0 unspecified atom stereocenters. The number of benzene rings is 2. The minimum Gasteiger partial charge on any atom is -0.127 e. The highest BCUT2D eigenvalue weighted by Gasteiger charge is 2.18. The third-order valence-corrected chi connectivity index (χ3v) is 5.68. The first-order valence-electron chi connectivity index (χ1n) is 9.39. The van der Waals surface area contributed by atoms with Gasteiger partial charge in [0, 0.05) is 11.1 Å². The Balaban J connectivity index is 2.67. The Morgan fingerprint density at radius 3 is 1.73 bits per heavy atom. The molecule has 2 heteroatoms. The maximum absolute atomic E-state index is 3.50. The summed E-state index contributed by atoms with van der Waals surface area (Å²) < 4.78 is 0. The van der Waals surface area contributed by atoms with Crippen LogP contribution in [-0.4, -0.2) is 16.1 Å². The van der Waals surface area contributed by atoms with E-state index in [1.165, 1.54) is 16.3 Å². The fourth-order valence-electron chi connectivity index (χ4n) is 2.65. The molecule has 136 valence electrons. The van der Waals surface area contributed by atoms with Crippen molar-refractivity contribution in [3.05, 3.63) is 47.0 Å². The SMILES string of the molecule is CC(C)(C)c1cc(C#C[Si](C)(C)C)cc2ccc(C#C[Si](C)(C)C)cc12. The summed E-state index contributed by atoms with van der Waals surface area (Å²) >= 11 is 0. The average Bonchev–Trinajstić information content (AvgIpc) is 2.47. The van der Waals surface area contributed by atoms with Crippen molar-refractivity contribution in [2.45, 2.75) is 65.5 Å². The first-order valence-corrected chi connectivity index (χ1v) is 16.4. The minimum absolute atomic E-state index is 0.0694. The Kier molecular flexibility index (Phi) is 5.62. The molecule has 0 fully saturated rings. The maximum Gasteiger partial charge on any atom is 0.129 e. The molecular weight excluding hydrogens is 344 g/mol. The van der Waals surface area contributed by atoms with Crippen molar-refractivity contribution in [2.75, 3.05) is 0 Å². The van der Waals surface area contributed by atoms with Crippen LogP contribution in [0.4, 0.5) is 0 Å². The van der Waals surface area contributed by atoms with E-state index in [9.17, 15) is 0 Å². The van der Waals surface area contributed by atoms with E-state index in [0.29, 0.717) is 0 Å². The van der Waals surface area contributed by atoms with Crippen molar-refractivity contribution in [3.63, 3.8) is 0 Å². The van der Waals surface area contributed by atoms with Crippen molar-refractivity contribution < 1.29 is 0 Å². The summed E-state index contributed by atoms with van der Waals surface area (Å²) in [6, 6.07) is 11.1. The van der Waals surface area contributed by atoms with E-state index in [1.807, 2.05) is 0 Å². The van der Waals surface area contributed by atoms with Crippen molar-refractivity contribution in [1.82, 2.24) is 0 Å². The van der Waals surface area contributed by atoms with E-state index >= 15 is 0 Å². The number of fused-ring (bicyclic) bond motifs is 1. The fourth-order valence-corrected chi connectivity index (χ4v) is 3.69. The molecule has 2 rings (SSSR count).